The molecule has 3 atom stereocenters. The van der Waals surface area contributed by atoms with E-state index in [1.165, 1.54) is 0 Å². The number of carbonyl (C=O) groups is 2. The van der Waals surface area contributed by atoms with Gasteiger partial charge in [0.15, 0.2) is 0 Å². The van der Waals surface area contributed by atoms with E-state index < -0.39 is 16.4 Å². The first-order valence-corrected chi connectivity index (χ1v) is 16.9. The highest BCUT2D eigenvalue weighted by Crippen LogP contribution is 2.36. The molecule has 244 valence electrons. The van der Waals surface area contributed by atoms with Gasteiger partial charge in [-0.1, -0.05) is 12.8 Å². The Morgan fingerprint density at radius 1 is 0.786 bits per heavy atom. The molecule has 3 unspecified atom stereocenters. The molecule has 0 aliphatic carbocycles. The van der Waals surface area contributed by atoms with Crippen LogP contribution >= 0.6 is 16.4 Å². The summed E-state index contributed by atoms with van der Waals surface area (Å²) in [5.74, 6) is -0.259. The molecule has 1 heterocycles. The molecular formula is C24H47BN2O13P2. The van der Waals surface area contributed by atoms with Gasteiger partial charge in [-0.3, -0.25) is 14.1 Å². The van der Waals surface area contributed by atoms with Crippen molar-refractivity contribution in [1.29, 1.82) is 0 Å². The second-order valence-corrected chi connectivity index (χ2v) is 11.6. The summed E-state index contributed by atoms with van der Waals surface area (Å²) in [6.45, 7) is 3.49. The molecular weight excluding hydrogens is 597 g/mol. The van der Waals surface area contributed by atoms with Crippen LogP contribution in [0.2, 0.25) is 0 Å². The minimum atomic E-state index is -4.40. The van der Waals surface area contributed by atoms with Crippen LogP contribution in [0.15, 0.2) is 0 Å². The third-order valence-electron chi connectivity index (χ3n) is 5.71. The Morgan fingerprint density at radius 2 is 1.38 bits per heavy atom. The van der Waals surface area contributed by atoms with E-state index >= 15 is 0 Å². The van der Waals surface area contributed by atoms with E-state index in [9.17, 15) is 19.0 Å². The van der Waals surface area contributed by atoms with Gasteiger partial charge in [0.25, 0.3) is 0 Å². The molecule has 0 spiro atoms. The third-order valence-corrected chi connectivity index (χ3v) is 7.01. The van der Waals surface area contributed by atoms with Crippen molar-refractivity contribution in [2.45, 2.75) is 69.9 Å². The number of amides is 2. The van der Waals surface area contributed by atoms with Crippen LogP contribution in [0.4, 0.5) is 0 Å². The summed E-state index contributed by atoms with van der Waals surface area (Å²) in [4.78, 5) is 50.5. The summed E-state index contributed by atoms with van der Waals surface area (Å²) in [7, 11) is -0.733. The van der Waals surface area contributed by atoms with Crippen molar-refractivity contribution in [2.24, 2.45) is 0 Å². The van der Waals surface area contributed by atoms with Crippen LogP contribution in [0.5, 0.6) is 0 Å². The van der Waals surface area contributed by atoms with E-state index in [2.05, 4.69) is 15.2 Å². The largest absolute Gasteiger partial charge is 0.469 e. The van der Waals surface area contributed by atoms with E-state index in [0.29, 0.717) is 65.6 Å². The van der Waals surface area contributed by atoms with E-state index in [1.54, 1.807) is 0 Å². The molecule has 1 aliphatic heterocycles. The fraction of sp³-hybridized carbons (Fsp3) is 0.917. The van der Waals surface area contributed by atoms with Gasteiger partial charge in [0, 0.05) is 31.9 Å². The van der Waals surface area contributed by atoms with E-state index in [1.807, 2.05) is 0 Å². The number of phosphoric acid groups is 1. The Hall–Kier alpha value is -0.735. The van der Waals surface area contributed by atoms with E-state index in [-0.39, 0.29) is 56.6 Å². The van der Waals surface area contributed by atoms with Crippen LogP contribution < -0.4 is 10.6 Å². The van der Waals surface area contributed by atoms with Crippen LogP contribution in [0.25, 0.3) is 0 Å². The number of ether oxygens (including phenoxy) is 4. The van der Waals surface area contributed by atoms with Crippen molar-refractivity contribution >= 4 is 36.1 Å². The second kappa shape index (κ2) is 25.6. The van der Waals surface area contributed by atoms with Crippen molar-refractivity contribution in [3.8, 4) is 0 Å². The van der Waals surface area contributed by atoms with E-state index in [0.717, 1.165) is 32.1 Å². The van der Waals surface area contributed by atoms with Crippen LogP contribution in [-0.4, -0.2) is 119 Å². The quantitative estimate of drug-likeness (QED) is 0.0460. The van der Waals surface area contributed by atoms with Gasteiger partial charge in [0.05, 0.1) is 65.6 Å². The summed E-state index contributed by atoms with van der Waals surface area (Å²) in [6.07, 6.45) is 5.29. The zero-order valence-corrected chi connectivity index (χ0v) is 26.0. The molecule has 0 aromatic heterocycles. The average Bonchev–Trinajstić information content (AvgIpc) is 3.35. The topological polar surface area (TPSA) is 201 Å². The SMILES string of the molecule is [B]C1CCC(COP(O)OCCOCCOCCOCCNC(=O)CCCC(=O)NCCCCCCOP(=O)(O)O)O1. The number of hydrogen-bond donors (Lipinski definition) is 5. The van der Waals surface area contributed by atoms with Gasteiger partial charge >= 0.3 is 16.4 Å². The molecule has 1 saturated heterocycles. The Labute approximate surface area is 250 Å². The molecule has 1 fully saturated rings. The normalized spacial score (nSPS) is 17.8. The summed E-state index contributed by atoms with van der Waals surface area (Å²) in [5.41, 5.74) is 0. The first-order valence-electron chi connectivity index (χ1n) is 14.3. The average molecular weight is 644 g/mol. The lowest BCUT2D eigenvalue weighted by molar-refractivity contribution is -0.122. The molecule has 18 heteroatoms. The molecule has 15 nitrogen and oxygen atoms in total. The molecule has 0 aromatic carbocycles. The van der Waals surface area contributed by atoms with Gasteiger partial charge < -0.3 is 53.3 Å². The molecule has 0 saturated carbocycles. The van der Waals surface area contributed by atoms with Gasteiger partial charge in [-0.2, -0.15) is 0 Å². The first-order chi connectivity index (χ1) is 20.2. The van der Waals surface area contributed by atoms with Crippen molar-refractivity contribution in [3.63, 3.8) is 0 Å². The van der Waals surface area contributed by atoms with Gasteiger partial charge in [0.1, 0.15) is 7.85 Å². The number of rotatable bonds is 28. The molecule has 0 bridgehead atoms. The zero-order valence-electron chi connectivity index (χ0n) is 24.2. The number of carbonyl (C=O) groups excluding carboxylic acids is 2. The zero-order chi connectivity index (χ0) is 30.9. The highest BCUT2D eigenvalue weighted by Gasteiger charge is 2.23. The Balaban J connectivity index is 1.77. The van der Waals surface area contributed by atoms with Gasteiger partial charge in [-0.25, -0.2) is 4.57 Å². The summed E-state index contributed by atoms with van der Waals surface area (Å²) < 4.78 is 46.8. The monoisotopic (exact) mass is 644 g/mol. The highest BCUT2D eigenvalue weighted by molar-refractivity contribution is 7.46. The molecule has 2 amide bonds. The molecule has 42 heavy (non-hydrogen) atoms. The van der Waals surface area contributed by atoms with Crippen molar-refractivity contribution < 1.29 is 61.4 Å². The fourth-order valence-electron chi connectivity index (χ4n) is 3.60. The molecule has 1 aliphatic rings. The molecule has 5 N–H and O–H groups in total. The van der Waals surface area contributed by atoms with Crippen molar-refractivity contribution in [2.75, 3.05) is 72.6 Å². The predicted molar refractivity (Wildman–Crippen MR) is 153 cm³/mol. The second-order valence-electron chi connectivity index (χ2n) is 9.37. The van der Waals surface area contributed by atoms with Gasteiger partial charge in [-0.15, -0.1) is 0 Å². The summed E-state index contributed by atoms with van der Waals surface area (Å²) in [5, 5.41) is 5.53. The molecule has 1 rings (SSSR count). The van der Waals surface area contributed by atoms with Crippen LogP contribution in [-0.2, 0) is 46.7 Å². The predicted octanol–water partition coefficient (Wildman–Crippen LogP) is 1.03. The fourth-order valence-corrected chi connectivity index (χ4v) is 4.56. The van der Waals surface area contributed by atoms with Crippen LogP contribution in [0.3, 0.4) is 0 Å². The standard InChI is InChI=1S/C24H47BN2O13P2/c25-22-9-8-21(40-22)20-38-41(30)37-19-18-36-17-16-35-15-14-34-13-11-27-24(29)7-5-6-23(28)26-10-3-1-2-4-12-39-42(31,32)33/h21-22,30H,1-20H2,(H,26,28)(H,27,29)(H2,31,32,33). The minimum Gasteiger partial charge on any atom is -0.382 e. The number of phosphoric ester groups is 1. The lowest BCUT2D eigenvalue weighted by Gasteiger charge is -2.15. The first kappa shape index (κ1) is 39.3. The lowest BCUT2D eigenvalue weighted by Crippen LogP contribution is -2.28. The summed E-state index contributed by atoms with van der Waals surface area (Å²) in [6, 6.07) is -0.263. The summed E-state index contributed by atoms with van der Waals surface area (Å²) >= 11 is 0. The Morgan fingerprint density at radius 3 is 2.00 bits per heavy atom. The highest BCUT2D eigenvalue weighted by atomic mass is 31.2. The van der Waals surface area contributed by atoms with Crippen molar-refractivity contribution in [1.82, 2.24) is 10.6 Å². The molecule has 0 aromatic rings. The van der Waals surface area contributed by atoms with Crippen LogP contribution in [0, 0.1) is 0 Å². The Bertz CT molecular complexity index is 753. The van der Waals surface area contributed by atoms with Crippen molar-refractivity contribution in [3.05, 3.63) is 0 Å². The maximum absolute atomic E-state index is 11.9. The number of hydrogen-bond acceptors (Lipinski definition) is 11. The van der Waals surface area contributed by atoms with Gasteiger partial charge in [-0.05, 0) is 32.1 Å². The van der Waals surface area contributed by atoms with Gasteiger partial charge in [0.2, 0.25) is 11.8 Å². The maximum atomic E-state index is 11.9. The van der Waals surface area contributed by atoms with Crippen LogP contribution in [0.1, 0.15) is 57.8 Å². The third kappa shape index (κ3) is 25.7. The minimum absolute atomic E-state index is 0.00711. The Kier molecular flexibility index (Phi) is 23.9. The smallest absolute Gasteiger partial charge is 0.382 e. The number of unbranched alkanes of at least 4 members (excludes halogenated alkanes) is 3. The maximum Gasteiger partial charge on any atom is 0.469 e. The lowest BCUT2D eigenvalue weighted by atomic mass is 9.97. The van der Waals surface area contributed by atoms with E-state index in [4.69, 9.17) is 45.6 Å². The number of nitrogens with one attached hydrogen (secondary N) is 2. The molecule has 2 radical (unpaired) electrons.